The molecule has 0 aromatic heterocycles. The lowest BCUT2D eigenvalue weighted by Gasteiger charge is -2.11. The molecule has 0 aromatic carbocycles. The number of rotatable bonds is 17. The zero-order valence-corrected chi connectivity index (χ0v) is 17.5. The largest absolute Gasteiger partial charge is 0.481 e. The number of aliphatic carboxylic acids is 1. The van der Waals surface area contributed by atoms with Crippen molar-refractivity contribution in [2.24, 2.45) is 0 Å². The third-order valence-corrected chi connectivity index (χ3v) is 7.20. The molecule has 0 radical (unpaired) electrons. The molecule has 1 aliphatic rings. The molecule has 25 heavy (non-hydrogen) atoms. The van der Waals surface area contributed by atoms with Crippen molar-refractivity contribution in [1.82, 2.24) is 0 Å². The molecule has 2 atom stereocenters. The van der Waals surface area contributed by atoms with E-state index in [1.165, 1.54) is 96.3 Å². The van der Waals surface area contributed by atoms with Crippen molar-refractivity contribution in [3.8, 4) is 0 Å². The van der Waals surface area contributed by atoms with Crippen LogP contribution in [0.25, 0.3) is 0 Å². The Morgan fingerprint density at radius 3 is 1.68 bits per heavy atom. The smallest absolute Gasteiger partial charge is 0.303 e. The highest BCUT2D eigenvalue weighted by Crippen LogP contribution is 2.39. The van der Waals surface area contributed by atoms with E-state index in [1.807, 2.05) is 0 Å². The van der Waals surface area contributed by atoms with Crippen molar-refractivity contribution in [1.29, 1.82) is 0 Å². The fourth-order valence-corrected chi connectivity index (χ4v) is 5.58. The first-order valence-corrected chi connectivity index (χ1v) is 12.0. The van der Waals surface area contributed by atoms with E-state index in [1.54, 1.807) is 0 Å². The Hall–Kier alpha value is -0.180. The molecule has 0 aromatic rings. The number of carbonyl (C=O) groups is 1. The maximum Gasteiger partial charge on any atom is 0.303 e. The Morgan fingerprint density at radius 2 is 1.20 bits per heavy atom. The van der Waals surface area contributed by atoms with Crippen molar-refractivity contribution >= 4 is 17.7 Å². The summed E-state index contributed by atoms with van der Waals surface area (Å²) in [6.45, 7) is 2.29. The lowest BCUT2D eigenvalue weighted by Crippen LogP contribution is -1.99. The van der Waals surface area contributed by atoms with Crippen LogP contribution in [0, 0.1) is 0 Å². The molecule has 1 rings (SSSR count). The minimum absolute atomic E-state index is 0.346. The van der Waals surface area contributed by atoms with Gasteiger partial charge in [-0.2, -0.15) is 11.8 Å². The molecule has 1 heterocycles. The predicted octanol–water partition coefficient (Wildman–Crippen LogP) is 7.60. The fraction of sp³-hybridized carbons (Fsp3) is 0.955. The van der Waals surface area contributed by atoms with E-state index in [9.17, 15) is 4.79 Å². The van der Waals surface area contributed by atoms with Gasteiger partial charge < -0.3 is 5.11 Å². The van der Waals surface area contributed by atoms with Gasteiger partial charge in [0.1, 0.15) is 0 Å². The van der Waals surface area contributed by atoms with Gasteiger partial charge in [-0.25, -0.2) is 0 Å². The first-order valence-electron chi connectivity index (χ1n) is 11.1. The second-order valence-electron chi connectivity index (χ2n) is 7.92. The van der Waals surface area contributed by atoms with Crippen molar-refractivity contribution in [3.05, 3.63) is 0 Å². The van der Waals surface area contributed by atoms with Gasteiger partial charge in [-0.3, -0.25) is 4.79 Å². The van der Waals surface area contributed by atoms with Crippen LogP contribution in [0.15, 0.2) is 0 Å². The average molecular weight is 371 g/mol. The van der Waals surface area contributed by atoms with Crippen LogP contribution in [-0.4, -0.2) is 21.6 Å². The molecule has 148 valence electrons. The zero-order valence-electron chi connectivity index (χ0n) is 16.6. The molecule has 0 spiro atoms. The first-order chi connectivity index (χ1) is 12.2. The molecule has 0 saturated carbocycles. The van der Waals surface area contributed by atoms with E-state index in [0.29, 0.717) is 6.42 Å². The minimum Gasteiger partial charge on any atom is -0.481 e. The number of carboxylic acids is 1. The molecule has 1 saturated heterocycles. The number of hydrogen-bond donors (Lipinski definition) is 1. The molecule has 1 aliphatic heterocycles. The number of thioether (sulfide) groups is 1. The topological polar surface area (TPSA) is 37.3 Å². The lowest BCUT2D eigenvalue weighted by atomic mass is 10.0. The number of hydrogen-bond acceptors (Lipinski definition) is 2. The highest BCUT2D eigenvalue weighted by Gasteiger charge is 2.24. The molecular weight excluding hydrogens is 328 g/mol. The molecule has 1 N–H and O–H groups in total. The van der Waals surface area contributed by atoms with Crippen LogP contribution in [-0.2, 0) is 4.79 Å². The molecule has 3 heteroatoms. The maximum absolute atomic E-state index is 10.5. The highest BCUT2D eigenvalue weighted by atomic mass is 32.2. The minimum atomic E-state index is -0.648. The van der Waals surface area contributed by atoms with E-state index in [2.05, 4.69) is 18.7 Å². The molecular formula is C22H42O2S. The Balaban J connectivity index is 1.85. The normalized spacial score (nSPS) is 20.2. The van der Waals surface area contributed by atoms with E-state index in [-0.39, 0.29) is 0 Å². The standard InChI is InChI=1S/C22H42O2S/c1-2-3-4-5-6-7-9-12-15-20-18-19-21(25-20)16-13-10-8-11-14-17-22(23)24/h20-21H,2-19H2,1H3,(H,23,24). The molecule has 0 aliphatic carbocycles. The Morgan fingerprint density at radius 1 is 0.760 bits per heavy atom. The van der Waals surface area contributed by atoms with Gasteiger partial charge in [0, 0.05) is 16.9 Å². The summed E-state index contributed by atoms with van der Waals surface area (Å²) in [4.78, 5) is 10.5. The van der Waals surface area contributed by atoms with E-state index in [0.717, 1.165) is 23.3 Å². The van der Waals surface area contributed by atoms with Crippen LogP contribution in [0.4, 0.5) is 0 Å². The van der Waals surface area contributed by atoms with Crippen molar-refractivity contribution in [3.63, 3.8) is 0 Å². The summed E-state index contributed by atoms with van der Waals surface area (Å²) in [6.07, 6.45) is 23.3. The second kappa shape index (κ2) is 16.0. The lowest BCUT2D eigenvalue weighted by molar-refractivity contribution is -0.137. The second-order valence-corrected chi connectivity index (χ2v) is 9.53. The summed E-state index contributed by atoms with van der Waals surface area (Å²) in [6, 6.07) is 0. The molecule has 2 unspecified atom stereocenters. The van der Waals surface area contributed by atoms with Gasteiger partial charge in [0.2, 0.25) is 0 Å². The third-order valence-electron chi connectivity index (χ3n) is 5.49. The summed E-state index contributed by atoms with van der Waals surface area (Å²) in [5, 5.41) is 10.5. The molecule has 0 bridgehead atoms. The summed E-state index contributed by atoms with van der Waals surface area (Å²) in [5.74, 6) is -0.648. The Bertz CT molecular complexity index is 319. The summed E-state index contributed by atoms with van der Waals surface area (Å²) in [5.41, 5.74) is 0. The SMILES string of the molecule is CCCCCCCCCCC1CCC(CCCCCCCC(=O)O)S1. The van der Waals surface area contributed by atoms with Crippen LogP contribution in [0.5, 0.6) is 0 Å². The van der Waals surface area contributed by atoms with E-state index < -0.39 is 5.97 Å². The van der Waals surface area contributed by atoms with Gasteiger partial charge in [0.25, 0.3) is 0 Å². The average Bonchev–Trinajstić information content (AvgIpc) is 3.04. The van der Waals surface area contributed by atoms with Crippen LogP contribution >= 0.6 is 11.8 Å². The third kappa shape index (κ3) is 13.7. The zero-order chi connectivity index (χ0) is 18.2. The maximum atomic E-state index is 10.5. The van der Waals surface area contributed by atoms with Crippen molar-refractivity contribution < 1.29 is 9.90 Å². The van der Waals surface area contributed by atoms with Gasteiger partial charge >= 0.3 is 5.97 Å². The van der Waals surface area contributed by atoms with Crippen molar-refractivity contribution in [2.45, 2.75) is 133 Å². The number of carboxylic acid groups (broad SMARTS) is 1. The molecule has 0 amide bonds. The molecule has 1 fully saturated rings. The quantitative estimate of drug-likeness (QED) is 0.268. The summed E-state index contributed by atoms with van der Waals surface area (Å²) >= 11 is 2.28. The summed E-state index contributed by atoms with van der Waals surface area (Å²) < 4.78 is 0. The van der Waals surface area contributed by atoms with Gasteiger partial charge in [-0.1, -0.05) is 84.0 Å². The van der Waals surface area contributed by atoms with E-state index in [4.69, 9.17) is 5.11 Å². The molecule has 2 nitrogen and oxygen atoms in total. The Labute approximate surface area is 160 Å². The van der Waals surface area contributed by atoms with E-state index >= 15 is 0 Å². The van der Waals surface area contributed by atoms with Gasteiger partial charge in [-0.15, -0.1) is 0 Å². The van der Waals surface area contributed by atoms with Crippen LogP contribution < -0.4 is 0 Å². The van der Waals surface area contributed by atoms with Gasteiger partial charge in [0.05, 0.1) is 0 Å². The van der Waals surface area contributed by atoms with Gasteiger partial charge in [-0.05, 0) is 32.1 Å². The van der Waals surface area contributed by atoms with Crippen molar-refractivity contribution in [2.75, 3.05) is 0 Å². The summed E-state index contributed by atoms with van der Waals surface area (Å²) in [7, 11) is 0. The van der Waals surface area contributed by atoms with Gasteiger partial charge in [0.15, 0.2) is 0 Å². The van der Waals surface area contributed by atoms with Crippen LogP contribution in [0.3, 0.4) is 0 Å². The first kappa shape index (κ1) is 22.9. The highest BCUT2D eigenvalue weighted by molar-refractivity contribution is 8.00. The van der Waals surface area contributed by atoms with Crippen LogP contribution in [0.1, 0.15) is 122 Å². The monoisotopic (exact) mass is 370 g/mol. The van der Waals surface area contributed by atoms with Crippen LogP contribution in [0.2, 0.25) is 0 Å². The predicted molar refractivity (Wildman–Crippen MR) is 112 cm³/mol. The Kier molecular flexibility index (Phi) is 14.7. The number of unbranched alkanes of at least 4 members (excludes halogenated alkanes) is 11. The fourth-order valence-electron chi connectivity index (χ4n) is 3.89.